The molecular formula is C29H32F3N3O2. The van der Waals surface area contributed by atoms with E-state index in [9.17, 15) is 23.1 Å². The summed E-state index contributed by atoms with van der Waals surface area (Å²) in [6.45, 7) is 4.42. The number of fused-ring (bicyclic) bond motifs is 1. The fourth-order valence-corrected chi connectivity index (χ4v) is 4.89. The molecule has 0 bridgehead atoms. The van der Waals surface area contributed by atoms with Gasteiger partial charge in [0.25, 0.3) is 0 Å². The number of halogens is 3. The summed E-state index contributed by atoms with van der Waals surface area (Å²) < 4.78 is 39.8. The van der Waals surface area contributed by atoms with Gasteiger partial charge in [0.05, 0.1) is 17.7 Å². The van der Waals surface area contributed by atoms with Gasteiger partial charge in [-0.15, -0.1) is 0 Å². The van der Waals surface area contributed by atoms with Gasteiger partial charge in [0, 0.05) is 29.9 Å². The first-order valence-corrected chi connectivity index (χ1v) is 12.3. The Morgan fingerprint density at radius 2 is 1.73 bits per heavy atom. The van der Waals surface area contributed by atoms with Crippen LogP contribution in [0.5, 0.6) is 0 Å². The van der Waals surface area contributed by atoms with Gasteiger partial charge in [0.1, 0.15) is 0 Å². The number of benzene rings is 3. The van der Waals surface area contributed by atoms with Gasteiger partial charge in [-0.25, -0.2) is 0 Å². The Bertz CT molecular complexity index is 1240. The van der Waals surface area contributed by atoms with Crippen molar-refractivity contribution in [2.45, 2.75) is 50.6 Å². The Kier molecular flexibility index (Phi) is 7.62. The van der Waals surface area contributed by atoms with Crippen LogP contribution >= 0.6 is 0 Å². The molecule has 0 unspecified atom stereocenters. The topological polar surface area (TPSA) is 78.6 Å². The van der Waals surface area contributed by atoms with Crippen LogP contribution in [0.2, 0.25) is 0 Å². The highest BCUT2D eigenvalue weighted by Gasteiger charge is 2.34. The number of alkyl halides is 3. The molecule has 3 aromatic carbocycles. The maximum atomic E-state index is 13.3. The molecule has 37 heavy (non-hydrogen) atoms. The second kappa shape index (κ2) is 10.6. The lowest BCUT2D eigenvalue weighted by Crippen LogP contribution is -2.51. The lowest BCUT2D eigenvalue weighted by molar-refractivity contribution is -0.137. The minimum atomic E-state index is -4.43. The molecule has 8 heteroatoms. The molecule has 1 aliphatic rings. The third-order valence-electron chi connectivity index (χ3n) is 7.10. The molecular weight excluding hydrogens is 479 g/mol. The molecule has 0 saturated carbocycles. The number of anilines is 1. The number of carbonyl (C=O) groups is 1. The van der Waals surface area contributed by atoms with Gasteiger partial charge in [0.15, 0.2) is 0 Å². The van der Waals surface area contributed by atoms with Crippen molar-refractivity contribution in [2.75, 3.05) is 18.0 Å². The summed E-state index contributed by atoms with van der Waals surface area (Å²) >= 11 is 0. The number of aliphatic hydroxyl groups is 1. The van der Waals surface area contributed by atoms with Gasteiger partial charge in [-0.05, 0) is 67.6 Å². The molecule has 3 aromatic rings. The molecule has 4 N–H and O–H groups in total. The lowest BCUT2D eigenvalue weighted by atomic mass is 9.91. The van der Waals surface area contributed by atoms with Crippen LogP contribution in [-0.4, -0.2) is 36.2 Å². The summed E-state index contributed by atoms with van der Waals surface area (Å²) in [5.74, 6) is -0.515. The van der Waals surface area contributed by atoms with Gasteiger partial charge >= 0.3 is 6.18 Å². The zero-order valence-electron chi connectivity index (χ0n) is 20.9. The van der Waals surface area contributed by atoms with E-state index in [0.717, 1.165) is 35.4 Å². The molecule has 1 heterocycles. The third-order valence-corrected chi connectivity index (χ3v) is 7.10. The number of nitrogens with two attached hydrogens (primary N) is 1. The molecule has 196 valence electrons. The van der Waals surface area contributed by atoms with E-state index in [4.69, 9.17) is 5.73 Å². The van der Waals surface area contributed by atoms with Crippen molar-refractivity contribution in [2.24, 2.45) is 5.73 Å². The zero-order valence-corrected chi connectivity index (χ0v) is 20.9. The highest BCUT2D eigenvalue weighted by molar-refractivity contribution is 5.94. The Hall–Kier alpha value is -3.36. The van der Waals surface area contributed by atoms with Crippen LogP contribution in [0.3, 0.4) is 0 Å². The summed E-state index contributed by atoms with van der Waals surface area (Å²) in [5.41, 5.74) is 7.86. The number of rotatable bonds is 9. The van der Waals surface area contributed by atoms with E-state index in [1.807, 2.05) is 36.4 Å². The highest BCUT2D eigenvalue weighted by atomic mass is 19.4. The second-order valence-electron chi connectivity index (χ2n) is 10.1. The lowest BCUT2D eigenvalue weighted by Gasteiger charge is -2.36. The van der Waals surface area contributed by atoms with Crippen LogP contribution in [-0.2, 0) is 24.6 Å². The molecule has 0 fully saturated rings. The molecule has 2 atom stereocenters. The van der Waals surface area contributed by atoms with Crippen molar-refractivity contribution in [1.82, 2.24) is 5.32 Å². The summed E-state index contributed by atoms with van der Waals surface area (Å²) in [6.07, 6.45) is -3.96. The van der Waals surface area contributed by atoms with Crippen LogP contribution in [0.4, 0.5) is 18.9 Å². The first kappa shape index (κ1) is 26.7. The molecule has 1 aliphatic heterocycles. The van der Waals surface area contributed by atoms with Crippen LogP contribution < -0.4 is 16.0 Å². The van der Waals surface area contributed by atoms with Crippen molar-refractivity contribution in [3.63, 3.8) is 0 Å². The Morgan fingerprint density at radius 1 is 1.03 bits per heavy atom. The Labute approximate surface area is 215 Å². The highest BCUT2D eigenvalue weighted by Crippen LogP contribution is 2.34. The largest absolute Gasteiger partial charge is 0.416 e. The summed E-state index contributed by atoms with van der Waals surface area (Å²) in [7, 11) is 0. The zero-order chi connectivity index (χ0) is 26.8. The third kappa shape index (κ3) is 6.14. The molecule has 0 radical (unpaired) electrons. The predicted octanol–water partition coefficient (Wildman–Crippen LogP) is 4.66. The van der Waals surface area contributed by atoms with Gasteiger partial charge in [-0.2, -0.15) is 13.2 Å². The molecule has 5 nitrogen and oxygen atoms in total. The number of hydrogen-bond acceptors (Lipinski definition) is 4. The fourth-order valence-electron chi connectivity index (χ4n) is 4.89. The minimum absolute atomic E-state index is 0.155. The maximum Gasteiger partial charge on any atom is 0.416 e. The van der Waals surface area contributed by atoms with Crippen molar-refractivity contribution >= 4 is 11.6 Å². The fraction of sp³-hybridized carbons (Fsp3) is 0.345. The molecule has 0 aromatic heterocycles. The van der Waals surface area contributed by atoms with E-state index in [2.05, 4.69) is 10.2 Å². The molecule has 0 aliphatic carbocycles. The second-order valence-corrected chi connectivity index (χ2v) is 10.1. The van der Waals surface area contributed by atoms with Crippen LogP contribution in [0.15, 0.2) is 72.8 Å². The van der Waals surface area contributed by atoms with Crippen LogP contribution in [0.25, 0.3) is 0 Å². The molecule has 0 saturated heterocycles. The van der Waals surface area contributed by atoms with E-state index in [-0.39, 0.29) is 12.6 Å². The minimum Gasteiger partial charge on any atom is -0.390 e. The number of nitrogens with zero attached hydrogens (tertiary/aromatic N) is 1. The maximum absolute atomic E-state index is 13.3. The Balaban J connectivity index is 1.58. The van der Waals surface area contributed by atoms with E-state index in [1.54, 1.807) is 32.0 Å². The van der Waals surface area contributed by atoms with Gasteiger partial charge in [-0.1, -0.05) is 48.5 Å². The molecule has 4 rings (SSSR count). The number of primary amides is 1. The molecule has 0 spiro atoms. The van der Waals surface area contributed by atoms with E-state index in [1.165, 1.54) is 6.07 Å². The van der Waals surface area contributed by atoms with Gasteiger partial charge < -0.3 is 21.1 Å². The van der Waals surface area contributed by atoms with Gasteiger partial charge in [-0.3, -0.25) is 4.79 Å². The van der Waals surface area contributed by atoms with E-state index in [0.29, 0.717) is 24.1 Å². The summed E-state index contributed by atoms with van der Waals surface area (Å²) in [5, 5.41) is 14.7. The first-order valence-electron chi connectivity index (χ1n) is 12.3. The van der Waals surface area contributed by atoms with Crippen molar-refractivity contribution in [3.8, 4) is 0 Å². The average molecular weight is 512 g/mol. The van der Waals surface area contributed by atoms with E-state index < -0.39 is 29.3 Å². The smallest absolute Gasteiger partial charge is 0.390 e. The van der Waals surface area contributed by atoms with E-state index >= 15 is 0 Å². The van der Waals surface area contributed by atoms with Crippen LogP contribution in [0, 0.1) is 0 Å². The monoisotopic (exact) mass is 511 g/mol. The normalized spacial score (nSPS) is 15.4. The van der Waals surface area contributed by atoms with Gasteiger partial charge in [0.2, 0.25) is 5.91 Å². The Morgan fingerprint density at radius 3 is 2.41 bits per heavy atom. The number of nitrogens with one attached hydrogen (secondary N) is 1. The standard InChI is InChI=1S/C29H32F3N3O2/c1-28(2,22-9-6-10-23(17-22)29(30,31)32)34-18-26(36)25(15-19-7-4-3-5-8-19)35-14-13-20-11-12-21(27(33)37)16-24(20)35/h3-12,16-17,25-26,34,36H,13-15,18H2,1-2H3,(H2,33,37)/t25-,26+/m0/s1. The average Bonchev–Trinajstić information content (AvgIpc) is 3.29. The summed E-state index contributed by atoms with van der Waals surface area (Å²) in [4.78, 5) is 13.9. The number of carbonyl (C=O) groups excluding carboxylic acids is 1. The number of amides is 1. The van der Waals surface area contributed by atoms with Crippen molar-refractivity contribution in [3.05, 3.63) is 101 Å². The number of hydrogen-bond donors (Lipinski definition) is 3. The van der Waals surface area contributed by atoms with Crippen molar-refractivity contribution < 1.29 is 23.1 Å². The van der Waals surface area contributed by atoms with Crippen molar-refractivity contribution in [1.29, 1.82) is 0 Å². The SMILES string of the molecule is CC(C)(NC[C@@H](O)[C@H](Cc1ccccc1)N1CCc2ccc(C(N)=O)cc21)c1cccc(C(F)(F)F)c1. The van der Waals surface area contributed by atoms with Crippen LogP contribution in [0.1, 0.15) is 46.5 Å². The number of aliphatic hydroxyl groups excluding tert-OH is 1. The predicted molar refractivity (Wildman–Crippen MR) is 138 cm³/mol. The first-order chi connectivity index (χ1) is 17.5. The quantitative estimate of drug-likeness (QED) is 0.390. The summed E-state index contributed by atoms with van der Waals surface area (Å²) in [6, 6.07) is 20.1. The molecule has 1 amide bonds.